The average Bonchev–Trinajstić information content (AvgIpc) is 3.17. The predicted molar refractivity (Wildman–Crippen MR) is 109 cm³/mol. The van der Waals surface area contributed by atoms with Gasteiger partial charge in [-0.2, -0.15) is 0 Å². The van der Waals surface area contributed by atoms with Gasteiger partial charge < -0.3 is 4.90 Å². The lowest BCUT2D eigenvalue weighted by molar-refractivity contribution is 0.103. The van der Waals surface area contributed by atoms with Crippen LogP contribution in [0.2, 0.25) is 0 Å². The lowest BCUT2D eigenvalue weighted by Gasteiger charge is -2.23. The van der Waals surface area contributed by atoms with E-state index in [-0.39, 0.29) is 5.78 Å². The van der Waals surface area contributed by atoms with Gasteiger partial charge in [0.05, 0.1) is 6.34 Å². The lowest BCUT2D eigenvalue weighted by atomic mass is 10.1. The molecular formula is C23H22N4O. The molecule has 0 amide bonds. The second kappa shape index (κ2) is 8.10. The Kier molecular flexibility index (Phi) is 5.20. The number of aryl methyl sites for hydroxylation is 1. The fraction of sp³-hybridized carbons (Fsp3) is 0.261. The normalized spacial score (nSPS) is 14.2. The van der Waals surface area contributed by atoms with Gasteiger partial charge in [0.2, 0.25) is 5.78 Å². The number of carbonyl (C=O) groups excluding carboxylic acids is 1. The van der Waals surface area contributed by atoms with Crippen molar-refractivity contribution in [1.29, 1.82) is 0 Å². The molecule has 0 N–H and O–H groups in total. The van der Waals surface area contributed by atoms with E-state index in [0.29, 0.717) is 17.1 Å². The van der Waals surface area contributed by atoms with Crippen molar-refractivity contribution in [2.24, 2.45) is 4.99 Å². The summed E-state index contributed by atoms with van der Waals surface area (Å²) in [7, 11) is 0. The number of nitrogens with zero attached hydrogens (tertiary/aromatic N) is 4. The first-order chi connectivity index (χ1) is 13.7. The number of aromatic nitrogens is 2. The SMILES string of the molecule is Cc1ccc(-n2cnc(N=CN3CCCCC3)c2C(=O)c2cc#ccc2)cc1. The summed E-state index contributed by atoms with van der Waals surface area (Å²) in [5.41, 5.74) is 3.04. The second-order valence-corrected chi connectivity index (χ2v) is 7.01. The van der Waals surface area contributed by atoms with Crippen molar-refractivity contribution in [3.05, 3.63) is 77.7 Å². The molecule has 4 rings (SSSR count). The minimum Gasteiger partial charge on any atom is -0.363 e. The van der Waals surface area contributed by atoms with Gasteiger partial charge in [0, 0.05) is 24.3 Å². The minimum atomic E-state index is -0.130. The molecule has 1 fully saturated rings. The van der Waals surface area contributed by atoms with Crippen molar-refractivity contribution >= 4 is 17.9 Å². The summed E-state index contributed by atoms with van der Waals surface area (Å²) < 4.78 is 1.81. The molecule has 5 heteroatoms. The van der Waals surface area contributed by atoms with Gasteiger partial charge in [-0.05, 0) is 56.5 Å². The molecule has 28 heavy (non-hydrogen) atoms. The van der Waals surface area contributed by atoms with Gasteiger partial charge in [-0.15, -0.1) is 0 Å². The summed E-state index contributed by atoms with van der Waals surface area (Å²) in [5, 5.41) is 0. The molecule has 0 atom stereocenters. The fourth-order valence-electron chi connectivity index (χ4n) is 3.34. The van der Waals surface area contributed by atoms with E-state index in [2.05, 4.69) is 27.0 Å². The Balaban J connectivity index is 1.74. The smallest absolute Gasteiger partial charge is 0.214 e. The third-order valence-electron chi connectivity index (χ3n) is 4.93. The maximum atomic E-state index is 13.3. The van der Waals surface area contributed by atoms with E-state index in [0.717, 1.165) is 24.3 Å². The molecule has 0 spiro atoms. The molecule has 2 heterocycles. The highest BCUT2D eigenvalue weighted by atomic mass is 16.1. The number of piperidine rings is 1. The summed E-state index contributed by atoms with van der Waals surface area (Å²) in [6.07, 6.45) is 7.10. The minimum absolute atomic E-state index is 0.130. The largest absolute Gasteiger partial charge is 0.363 e. The van der Waals surface area contributed by atoms with E-state index < -0.39 is 0 Å². The molecule has 1 aromatic heterocycles. The lowest BCUT2D eigenvalue weighted by Crippen LogP contribution is -2.28. The highest BCUT2D eigenvalue weighted by molar-refractivity contribution is 6.10. The van der Waals surface area contributed by atoms with Gasteiger partial charge >= 0.3 is 0 Å². The van der Waals surface area contributed by atoms with Crippen LogP contribution in [0.5, 0.6) is 0 Å². The van der Waals surface area contributed by atoms with Crippen molar-refractivity contribution in [3.63, 3.8) is 0 Å². The van der Waals surface area contributed by atoms with Crippen LogP contribution in [-0.2, 0) is 0 Å². The van der Waals surface area contributed by atoms with Crippen molar-refractivity contribution in [3.8, 4) is 5.69 Å². The van der Waals surface area contributed by atoms with Crippen LogP contribution in [0.3, 0.4) is 0 Å². The molecule has 5 nitrogen and oxygen atoms in total. The van der Waals surface area contributed by atoms with Crippen LogP contribution >= 0.6 is 0 Å². The topological polar surface area (TPSA) is 50.5 Å². The van der Waals surface area contributed by atoms with Crippen LogP contribution in [0, 0.1) is 19.1 Å². The zero-order valence-corrected chi connectivity index (χ0v) is 15.9. The third-order valence-corrected chi connectivity index (χ3v) is 4.93. The average molecular weight is 370 g/mol. The van der Waals surface area contributed by atoms with Crippen LogP contribution in [0.25, 0.3) is 5.69 Å². The summed E-state index contributed by atoms with van der Waals surface area (Å²) in [5.74, 6) is 0.304. The van der Waals surface area contributed by atoms with Gasteiger partial charge in [0.15, 0.2) is 5.82 Å². The molecule has 1 aliphatic rings. The Morgan fingerprint density at radius 1 is 1.11 bits per heavy atom. The number of likely N-dealkylation sites (tertiary alicyclic amines) is 1. The Morgan fingerprint density at radius 2 is 1.89 bits per heavy atom. The number of benzene rings is 1. The van der Waals surface area contributed by atoms with Crippen LogP contribution in [0.4, 0.5) is 5.82 Å². The van der Waals surface area contributed by atoms with Crippen molar-refractivity contribution < 1.29 is 4.79 Å². The molecule has 0 radical (unpaired) electrons. The molecule has 1 aliphatic heterocycles. The maximum Gasteiger partial charge on any atom is 0.214 e. The Hall–Kier alpha value is -3.39. The summed E-state index contributed by atoms with van der Waals surface area (Å²) in [4.78, 5) is 24.5. The molecule has 0 aliphatic carbocycles. The van der Waals surface area contributed by atoms with Crippen LogP contribution in [-0.4, -0.2) is 39.7 Å². The van der Waals surface area contributed by atoms with Crippen LogP contribution < -0.4 is 0 Å². The highest BCUT2D eigenvalue weighted by Gasteiger charge is 2.21. The molecule has 2 aromatic carbocycles. The zero-order chi connectivity index (χ0) is 19.3. The number of aliphatic imine (C=N–C) groups is 1. The number of ketones is 1. The Labute approximate surface area is 165 Å². The predicted octanol–water partition coefficient (Wildman–Crippen LogP) is 4.16. The number of carbonyl (C=O) groups is 1. The third kappa shape index (κ3) is 3.81. The summed E-state index contributed by atoms with van der Waals surface area (Å²) in [6.45, 7) is 4.03. The highest BCUT2D eigenvalue weighted by Crippen LogP contribution is 2.24. The monoisotopic (exact) mass is 370 g/mol. The maximum absolute atomic E-state index is 13.3. The van der Waals surface area contributed by atoms with Crippen LogP contribution in [0.15, 0.2) is 53.8 Å². The van der Waals surface area contributed by atoms with Gasteiger partial charge in [-0.25, -0.2) is 9.98 Å². The van der Waals surface area contributed by atoms with Crippen molar-refractivity contribution in [2.45, 2.75) is 26.2 Å². The quantitative estimate of drug-likeness (QED) is 0.385. The van der Waals surface area contributed by atoms with E-state index in [1.54, 1.807) is 29.1 Å². The van der Waals surface area contributed by atoms with Crippen molar-refractivity contribution in [1.82, 2.24) is 14.5 Å². The van der Waals surface area contributed by atoms with Gasteiger partial charge in [-0.3, -0.25) is 9.36 Å². The standard InChI is InChI=1S/C23H22N4O/c1-18-10-12-20(13-11-18)27-17-25-23(24-16-26-14-6-3-7-15-26)21(27)22(28)19-8-4-2-5-9-19/h4,8-13,16-17H,3,6-7,14-15H2,1H3. The number of hydrogen-bond acceptors (Lipinski definition) is 3. The first kappa shape index (κ1) is 18.0. The van der Waals surface area contributed by atoms with Gasteiger partial charge in [0.1, 0.15) is 12.0 Å². The molecule has 0 saturated carbocycles. The van der Waals surface area contributed by atoms with E-state index >= 15 is 0 Å². The van der Waals surface area contributed by atoms with E-state index in [4.69, 9.17) is 0 Å². The molecule has 1 saturated heterocycles. The molecule has 3 aromatic rings. The summed E-state index contributed by atoms with van der Waals surface area (Å²) in [6, 6.07) is 18.8. The Bertz CT molecular complexity index is 968. The summed E-state index contributed by atoms with van der Waals surface area (Å²) >= 11 is 0. The molecule has 140 valence electrons. The second-order valence-electron chi connectivity index (χ2n) is 7.01. The first-order valence-electron chi connectivity index (χ1n) is 9.57. The van der Waals surface area contributed by atoms with E-state index in [1.165, 1.54) is 19.3 Å². The van der Waals surface area contributed by atoms with E-state index in [9.17, 15) is 4.79 Å². The van der Waals surface area contributed by atoms with E-state index in [1.807, 2.05) is 37.5 Å². The van der Waals surface area contributed by atoms with Gasteiger partial charge in [-0.1, -0.05) is 29.8 Å². The molecular weight excluding hydrogens is 348 g/mol. The number of rotatable bonds is 5. The Morgan fingerprint density at radius 3 is 2.61 bits per heavy atom. The fourth-order valence-corrected chi connectivity index (χ4v) is 3.34. The van der Waals surface area contributed by atoms with Gasteiger partial charge in [0.25, 0.3) is 0 Å². The molecule has 0 unspecified atom stereocenters. The number of imidazole rings is 1. The first-order valence-corrected chi connectivity index (χ1v) is 9.57. The zero-order valence-electron chi connectivity index (χ0n) is 15.9. The van der Waals surface area contributed by atoms with Crippen LogP contribution in [0.1, 0.15) is 40.9 Å². The number of hydrogen-bond donors (Lipinski definition) is 0. The molecule has 0 bridgehead atoms. The van der Waals surface area contributed by atoms with Crippen molar-refractivity contribution in [2.75, 3.05) is 13.1 Å².